The fourth-order valence-corrected chi connectivity index (χ4v) is 2.03. The van der Waals surface area contributed by atoms with Gasteiger partial charge in [0, 0.05) is 0 Å². The number of halogens is 1. The van der Waals surface area contributed by atoms with Gasteiger partial charge < -0.3 is 0 Å². The number of hydrogen-bond acceptors (Lipinski definition) is 0. The molecule has 0 atom stereocenters. The molecule has 0 aromatic rings. The lowest BCUT2D eigenvalue weighted by Gasteiger charge is -1.87. The standard InChI is InChI=1S/C4H9.C2H5.ClH.Mg/c1-3-4-2;1-2;;/h1,3-4H2,2H3;1H2,2H3;1H;. The van der Waals surface area contributed by atoms with Crippen LogP contribution in [0, 0.1) is 0 Å². The van der Waals surface area contributed by atoms with Crippen molar-refractivity contribution in [3.8, 4) is 0 Å². The SMILES string of the molecule is CCC[CH2][Mg][CH2]C.Cl. The Morgan fingerprint density at radius 3 is 2.25 bits per heavy atom. The third-order valence-electron chi connectivity index (χ3n) is 1.21. The molecule has 0 aliphatic carbocycles. The van der Waals surface area contributed by atoms with Crippen LogP contribution in [0.1, 0.15) is 26.7 Å². The Bertz CT molecular complexity index is 27.7. The minimum atomic E-state index is 0. The van der Waals surface area contributed by atoms with Crippen LogP contribution in [0.3, 0.4) is 0 Å². The maximum Gasteiger partial charge on any atom is 0.363 e. The van der Waals surface area contributed by atoms with E-state index < -0.39 is 0 Å². The van der Waals surface area contributed by atoms with Crippen LogP contribution < -0.4 is 0 Å². The van der Waals surface area contributed by atoms with E-state index in [0.717, 1.165) is 0 Å². The first-order valence-corrected chi connectivity index (χ1v) is 5.41. The topological polar surface area (TPSA) is 0 Å². The molecule has 0 bridgehead atoms. The summed E-state index contributed by atoms with van der Waals surface area (Å²) < 4.78 is 3.08. The van der Waals surface area contributed by atoms with E-state index in [-0.39, 0.29) is 12.4 Å². The summed E-state index contributed by atoms with van der Waals surface area (Å²) in [5.74, 6) is 0. The van der Waals surface area contributed by atoms with E-state index in [1.54, 1.807) is 4.55 Å². The average molecular weight is 147 g/mol. The highest BCUT2D eigenvalue weighted by Crippen LogP contribution is 1.94. The highest BCUT2D eigenvalue weighted by atomic mass is 35.5. The van der Waals surface area contributed by atoms with Crippen LogP contribution in [0.2, 0.25) is 9.10 Å². The summed E-state index contributed by atoms with van der Waals surface area (Å²) in [6.07, 6.45) is 2.88. The van der Waals surface area contributed by atoms with Crippen molar-refractivity contribution in [2.45, 2.75) is 35.8 Å². The molecule has 0 aromatic carbocycles. The molecule has 0 amide bonds. The third-order valence-corrected chi connectivity index (χ3v) is 2.91. The molecule has 0 aliphatic heterocycles. The third kappa shape index (κ3) is 10.1. The van der Waals surface area contributed by atoms with Crippen LogP contribution >= 0.6 is 12.4 Å². The molecular formula is C6H15ClMg. The molecule has 0 heterocycles. The molecule has 2 heteroatoms. The zero-order chi connectivity index (χ0) is 5.54. The van der Waals surface area contributed by atoms with Gasteiger partial charge in [-0.1, -0.05) is 26.7 Å². The van der Waals surface area contributed by atoms with Gasteiger partial charge in [0.15, 0.2) is 0 Å². The van der Waals surface area contributed by atoms with Crippen molar-refractivity contribution in [2.24, 2.45) is 0 Å². The Morgan fingerprint density at radius 2 is 1.88 bits per heavy atom. The Labute approximate surface area is 68.6 Å². The second kappa shape index (κ2) is 10.9. The van der Waals surface area contributed by atoms with Crippen molar-refractivity contribution >= 4 is 32.8 Å². The predicted molar refractivity (Wildman–Crippen MR) is 43.2 cm³/mol. The second-order valence-corrected chi connectivity index (χ2v) is 4.47. The molecule has 8 heavy (non-hydrogen) atoms. The summed E-state index contributed by atoms with van der Waals surface area (Å²) in [6, 6.07) is 0. The first-order chi connectivity index (χ1) is 3.41. The van der Waals surface area contributed by atoms with Gasteiger partial charge in [0.1, 0.15) is 0 Å². The average Bonchev–Trinajstić information content (AvgIpc) is 1.69. The molecule has 0 unspecified atom stereocenters. The zero-order valence-electron chi connectivity index (χ0n) is 5.94. The van der Waals surface area contributed by atoms with E-state index in [9.17, 15) is 0 Å². The first-order valence-electron chi connectivity index (χ1n) is 3.41. The summed E-state index contributed by atoms with van der Waals surface area (Å²) in [5, 5.41) is 0. The van der Waals surface area contributed by atoms with Crippen LogP contribution in [0.5, 0.6) is 0 Å². The van der Waals surface area contributed by atoms with Crippen molar-refractivity contribution in [3.05, 3.63) is 0 Å². The lowest BCUT2D eigenvalue weighted by Crippen LogP contribution is -1.82. The molecular weight excluding hydrogens is 132 g/mol. The van der Waals surface area contributed by atoms with Gasteiger partial charge in [-0.25, -0.2) is 0 Å². The van der Waals surface area contributed by atoms with Crippen molar-refractivity contribution in [1.29, 1.82) is 0 Å². The van der Waals surface area contributed by atoms with E-state index in [4.69, 9.17) is 0 Å². The summed E-state index contributed by atoms with van der Waals surface area (Å²) in [4.78, 5) is 0. The zero-order valence-corrected chi connectivity index (χ0v) is 8.17. The predicted octanol–water partition coefficient (Wildman–Crippen LogP) is 2.77. The highest BCUT2D eigenvalue weighted by molar-refractivity contribution is 6.35. The lowest BCUT2D eigenvalue weighted by atomic mass is 10.4. The van der Waals surface area contributed by atoms with Crippen LogP contribution in [-0.4, -0.2) is 20.4 Å². The summed E-state index contributed by atoms with van der Waals surface area (Å²) in [5.41, 5.74) is 0. The van der Waals surface area contributed by atoms with Crippen molar-refractivity contribution in [3.63, 3.8) is 0 Å². The van der Waals surface area contributed by atoms with E-state index in [1.165, 1.54) is 17.4 Å². The van der Waals surface area contributed by atoms with Crippen LogP contribution in [-0.2, 0) is 0 Å². The Morgan fingerprint density at radius 1 is 1.25 bits per heavy atom. The van der Waals surface area contributed by atoms with Gasteiger partial charge in [-0.2, -0.15) is 0 Å². The van der Waals surface area contributed by atoms with Crippen LogP contribution in [0.25, 0.3) is 0 Å². The molecule has 0 fully saturated rings. The molecule has 0 radical (unpaired) electrons. The Hall–Kier alpha value is 1.06. The molecule has 48 valence electrons. The quantitative estimate of drug-likeness (QED) is 0.423. The molecule has 0 rings (SSSR count). The fourth-order valence-electron chi connectivity index (χ4n) is 0.677. The van der Waals surface area contributed by atoms with Crippen molar-refractivity contribution in [2.75, 3.05) is 0 Å². The largest absolute Gasteiger partial charge is 0.363 e. The Balaban J connectivity index is 0. The molecule has 0 aromatic heterocycles. The van der Waals surface area contributed by atoms with E-state index in [2.05, 4.69) is 13.8 Å². The molecule has 0 saturated carbocycles. The van der Waals surface area contributed by atoms with Gasteiger partial charge in [0.25, 0.3) is 0 Å². The van der Waals surface area contributed by atoms with Crippen molar-refractivity contribution < 1.29 is 0 Å². The maximum atomic E-state index is 2.31. The number of unbranched alkanes of at least 4 members (excludes halogenated alkanes) is 1. The normalized spacial score (nSPS) is 7.25. The summed E-state index contributed by atoms with van der Waals surface area (Å²) in [6.45, 7) is 4.58. The van der Waals surface area contributed by atoms with E-state index in [0.29, 0.717) is 20.4 Å². The van der Waals surface area contributed by atoms with Gasteiger partial charge in [0.05, 0.1) is 0 Å². The first kappa shape index (κ1) is 11.8. The lowest BCUT2D eigenvalue weighted by molar-refractivity contribution is 0.877. The Kier molecular flexibility index (Phi) is 16.1. The molecule has 0 saturated heterocycles. The van der Waals surface area contributed by atoms with E-state index >= 15 is 0 Å². The van der Waals surface area contributed by atoms with Gasteiger partial charge in [-0.3, -0.25) is 0 Å². The fraction of sp³-hybridized carbons (Fsp3) is 1.00. The minimum Gasteiger partial charge on any atom is -0.149 e. The maximum absolute atomic E-state index is 2.31. The highest BCUT2D eigenvalue weighted by Gasteiger charge is 1.87. The molecule has 0 aliphatic rings. The molecule has 0 spiro atoms. The van der Waals surface area contributed by atoms with E-state index in [1.807, 2.05) is 0 Å². The van der Waals surface area contributed by atoms with Gasteiger partial charge >= 0.3 is 20.4 Å². The van der Waals surface area contributed by atoms with Crippen LogP contribution in [0.4, 0.5) is 0 Å². The van der Waals surface area contributed by atoms with Gasteiger partial charge in [-0.15, -0.1) is 21.5 Å². The van der Waals surface area contributed by atoms with Crippen molar-refractivity contribution in [1.82, 2.24) is 0 Å². The number of rotatable bonds is 4. The summed E-state index contributed by atoms with van der Waals surface area (Å²) >= 11 is 0.411. The monoisotopic (exact) mass is 146 g/mol. The summed E-state index contributed by atoms with van der Waals surface area (Å²) in [7, 11) is 0. The van der Waals surface area contributed by atoms with Gasteiger partial charge in [0.2, 0.25) is 0 Å². The molecule has 0 N–H and O–H groups in total. The second-order valence-electron chi connectivity index (χ2n) is 2.06. The number of hydrogen-bond donors (Lipinski definition) is 0. The van der Waals surface area contributed by atoms with Gasteiger partial charge in [-0.05, 0) is 0 Å². The smallest absolute Gasteiger partial charge is 0.149 e. The minimum absolute atomic E-state index is 0. The van der Waals surface area contributed by atoms with Crippen LogP contribution in [0.15, 0.2) is 0 Å². The molecule has 0 nitrogen and oxygen atoms in total.